The van der Waals surface area contributed by atoms with Crippen molar-refractivity contribution >= 4 is 11.7 Å². The number of fused-ring (bicyclic) bond motifs is 2. The fourth-order valence-corrected chi connectivity index (χ4v) is 5.41. The second-order valence-corrected chi connectivity index (χ2v) is 8.79. The number of pyridine rings is 1. The lowest BCUT2D eigenvalue weighted by molar-refractivity contribution is -0.137. The van der Waals surface area contributed by atoms with E-state index in [1.54, 1.807) is 24.5 Å². The first-order chi connectivity index (χ1) is 16.4. The molecule has 1 aliphatic heterocycles. The molecule has 6 nitrogen and oxygen atoms in total. The van der Waals surface area contributed by atoms with E-state index in [2.05, 4.69) is 27.2 Å². The van der Waals surface area contributed by atoms with E-state index < -0.39 is 11.7 Å². The van der Waals surface area contributed by atoms with Gasteiger partial charge < -0.3 is 10.2 Å². The summed E-state index contributed by atoms with van der Waals surface area (Å²) in [7, 11) is 0. The number of nitrogens with one attached hydrogen (secondary N) is 1. The number of amides is 1. The van der Waals surface area contributed by atoms with Crippen molar-refractivity contribution in [2.75, 3.05) is 5.32 Å². The lowest BCUT2D eigenvalue weighted by atomic mass is 9.93. The lowest BCUT2D eigenvalue weighted by Gasteiger charge is -2.40. The van der Waals surface area contributed by atoms with Crippen LogP contribution in [0.25, 0.3) is 11.4 Å². The smallest absolute Gasteiger partial charge is 0.365 e. The fourth-order valence-electron chi connectivity index (χ4n) is 5.41. The van der Waals surface area contributed by atoms with Gasteiger partial charge in [-0.15, -0.1) is 0 Å². The van der Waals surface area contributed by atoms with E-state index in [1.807, 2.05) is 23.1 Å². The summed E-state index contributed by atoms with van der Waals surface area (Å²) in [6.45, 7) is 2.08. The van der Waals surface area contributed by atoms with E-state index in [0.717, 1.165) is 31.5 Å². The van der Waals surface area contributed by atoms with Gasteiger partial charge in [0.1, 0.15) is 5.82 Å². The van der Waals surface area contributed by atoms with Crippen molar-refractivity contribution in [2.24, 2.45) is 5.92 Å². The molecule has 9 heteroatoms. The first-order valence-electron chi connectivity index (χ1n) is 11.4. The third-order valence-corrected chi connectivity index (χ3v) is 6.87. The average Bonchev–Trinajstić information content (AvgIpc) is 3.42. The molecular weight excluding hydrogens is 443 g/mol. The summed E-state index contributed by atoms with van der Waals surface area (Å²) >= 11 is 0. The number of alkyl halides is 3. The Morgan fingerprint density at radius 1 is 1.06 bits per heavy atom. The van der Waals surface area contributed by atoms with Crippen LogP contribution < -0.4 is 5.32 Å². The van der Waals surface area contributed by atoms with Crippen LogP contribution >= 0.6 is 0 Å². The van der Waals surface area contributed by atoms with Gasteiger partial charge in [0.15, 0.2) is 5.82 Å². The summed E-state index contributed by atoms with van der Waals surface area (Å²) in [6.07, 6.45) is 2.24. The molecule has 2 aliphatic rings. The van der Waals surface area contributed by atoms with E-state index in [-0.39, 0.29) is 24.0 Å². The van der Waals surface area contributed by atoms with Gasteiger partial charge in [-0.25, -0.2) is 15.0 Å². The van der Waals surface area contributed by atoms with Crippen molar-refractivity contribution in [3.63, 3.8) is 0 Å². The topological polar surface area (TPSA) is 71.0 Å². The van der Waals surface area contributed by atoms with E-state index in [0.29, 0.717) is 28.7 Å². The first-order valence-corrected chi connectivity index (χ1v) is 11.4. The van der Waals surface area contributed by atoms with Gasteiger partial charge in [0.2, 0.25) is 0 Å². The number of hydrogen-bond donors (Lipinski definition) is 1. The highest BCUT2D eigenvalue weighted by Crippen LogP contribution is 2.46. The van der Waals surface area contributed by atoms with Crippen molar-refractivity contribution in [1.82, 2.24) is 19.9 Å². The Bertz CT molecular complexity index is 1170. The van der Waals surface area contributed by atoms with E-state index >= 15 is 0 Å². The van der Waals surface area contributed by atoms with Gasteiger partial charge in [-0.3, -0.25) is 4.79 Å². The van der Waals surface area contributed by atoms with Crippen molar-refractivity contribution in [1.29, 1.82) is 0 Å². The molecule has 3 aromatic rings. The molecule has 1 N–H and O–H groups in total. The Hall–Kier alpha value is -3.49. The van der Waals surface area contributed by atoms with Crippen LogP contribution in [0.4, 0.5) is 19.0 Å². The predicted molar refractivity (Wildman–Crippen MR) is 121 cm³/mol. The standard InChI is InChI=1S/C25H24F3N5O/c1-2-20-15-12-19(32-22-9-8-16(14-31-22)25(26,27)28)21(13-15)33(20)24(34)18-7-4-3-6-17(18)23-29-10-5-11-30-23/h3-11,14-15,19-21H,2,12-13H2,1H3,(H,31,32)/t15-,19?,20?,21?/m0/s1. The Kier molecular flexibility index (Phi) is 5.71. The fraction of sp³-hybridized carbons (Fsp3) is 0.360. The zero-order valence-electron chi connectivity index (χ0n) is 18.5. The highest BCUT2D eigenvalue weighted by Gasteiger charge is 2.52. The molecule has 1 saturated carbocycles. The molecule has 34 heavy (non-hydrogen) atoms. The third kappa shape index (κ3) is 3.99. The number of carbonyl (C=O) groups excluding carboxylic acids is 1. The Balaban J connectivity index is 1.41. The lowest BCUT2D eigenvalue weighted by Crippen LogP contribution is -2.52. The van der Waals surface area contributed by atoms with Gasteiger partial charge in [0.25, 0.3) is 5.91 Å². The Morgan fingerprint density at radius 2 is 1.82 bits per heavy atom. The van der Waals surface area contributed by atoms with Crippen molar-refractivity contribution in [3.8, 4) is 11.4 Å². The maximum Gasteiger partial charge on any atom is 0.417 e. The molecule has 1 aromatic carbocycles. The maximum atomic E-state index is 13.9. The van der Waals surface area contributed by atoms with Crippen LogP contribution in [0.3, 0.4) is 0 Å². The minimum atomic E-state index is -4.43. The molecule has 2 fully saturated rings. The third-order valence-electron chi connectivity index (χ3n) is 6.87. The number of nitrogens with zero attached hydrogens (tertiary/aromatic N) is 4. The van der Waals surface area contributed by atoms with Crippen molar-refractivity contribution in [2.45, 2.75) is 50.5 Å². The predicted octanol–water partition coefficient (Wildman–Crippen LogP) is 5.05. The summed E-state index contributed by atoms with van der Waals surface area (Å²) in [5, 5.41) is 3.28. The van der Waals surface area contributed by atoms with E-state index in [1.165, 1.54) is 6.07 Å². The highest BCUT2D eigenvalue weighted by molar-refractivity contribution is 6.00. The first kappa shape index (κ1) is 22.3. The molecule has 1 amide bonds. The molecule has 3 unspecified atom stereocenters. The average molecular weight is 467 g/mol. The van der Waals surface area contributed by atoms with Crippen LogP contribution in [0.5, 0.6) is 0 Å². The van der Waals surface area contributed by atoms with Crippen LogP contribution in [0.1, 0.15) is 42.1 Å². The number of aromatic nitrogens is 3. The van der Waals surface area contributed by atoms with Gasteiger partial charge in [-0.05, 0) is 49.4 Å². The summed E-state index contributed by atoms with van der Waals surface area (Å²) in [4.78, 5) is 28.4. The van der Waals surface area contributed by atoms with E-state index in [4.69, 9.17) is 0 Å². The molecule has 2 bridgehead atoms. The van der Waals surface area contributed by atoms with Gasteiger partial charge >= 0.3 is 6.18 Å². The summed E-state index contributed by atoms with van der Waals surface area (Å²) in [6, 6.07) is 11.4. The number of piperidine rings is 1. The van der Waals surface area contributed by atoms with Gasteiger partial charge in [-0.1, -0.05) is 25.1 Å². The molecule has 1 saturated heterocycles. The number of hydrogen-bond acceptors (Lipinski definition) is 5. The summed E-state index contributed by atoms with van der Waals surface area (Å²) in [5.74, 6) is 1.12. The molecule has 0 radical (unpaired) electrons. The number of carbonyl (C=O) groups is 1. The molecule has 5 rings (SSSR count). The summed E-state index contributed by atoms with van der Waals surface area (Å²) < 4.78 is 38.6. The number of anilines is 1. The zero-order chi connectivity index (χ0) is 23.9. The quantitative estimate of drug-likeness (QED) is 0.569. The van der Waals surface area contributed by atoms with E-state index in [9.17, 15) is 18.0 Å². The zero-order valence-corrected chi connectivity index (χ0v) is 18.5. The van der Waals surface area contributed by atoms with Crippen molar-refractivity contribution < 1.29 is 18.0 Å². The molecule has 2 aromatic heterocycles. The van der Waals surface area contributed by atoms with Gasteiger partial charge in [0.05, 0.1) is 17.2 Å². The van der Waals surface area contributed by atoms with Gasteiger partial charge in [0, 0.05) is 36.2 Å². The monoisotopic (exact) mass is 467 g/mol. The minimum absolute atomic E-state index is 0.0729. The molecule has 1 aliphatic carbocycles. The molecule has 176 valence electrons. The second-order valence-electron chi connectivity index (χ2n) is 8.79. The Labute approximate surface area is 195 Å². The number of benzene rings is 1. The second kappa shape index (κ2) is 8.70. The number of halogens is 3. The summed E-state index contributed by atoms with van der Waals surface area (Å²) in [5.41, 5.74) is 0.444. The maximum absolute atomic E-state index is 13.9. The number of rotatable bonds is 5. The molecule has 3 heterocycles. The largest absolute Gasteiger partial charge is 0.417 e. The Morgan fingerprint density at radius 3 is 2.50 bits per heavy atom. The van der Waals surface area contributed by atoms with Crippen LogP contribution in [-0.2, 0) is 6.18 Å². The van der Waals surface area contributed by atoms with Crippen LogP contribution in [0, 0.1) is 5.92 Å². The molecule has 4 atom stereocenters. The molecule has 0 spiro atoms. The highest BCUT2D eigenvalue weighted by atomic mass is 19.4. The van der Waals surface area contributed by atoms with Crippen molar-refractivity contribution in [3.05, 3.63) is 72.2 Å². The minimum Gasteiger partial charge on any atom is -0.365 e. The van der Waals surface area contributed by atoms with Crippen LogP contribution in [-0.4, -0.2) is 43.9 Å². The normalized spacial score (nSPS) is 23.8. The van der Waals surface area contributed by atoms with Crippen LogP contribution in [0.2, 0.25) is 0 Å². The number of likely N-dealkylation sites (tertiary alicyclic amines) is 1. The SMILES string of the molecule is CCC1[C@H]2CC(Nc3ccc(C(F)(F)F)cn3)C(C2)N1C(=O)c1ccccc1-c1ncccn1. The molecular formula is C25H24F3N5O. The van der Waals surface area contributed by atoms with Crippen LogP contribution in [0.15, 0.2) is 61.1 Å². The van der Waals surface area contributed by atoms with Gasteiger partial charge in [-0.2, -0.15) is 13.2 Å².